The van der Waals surface area contributed by atoms with Gasteiger partial charge in [-0.3, -0.25) is 14.7 Å². The van der Waals surface area contributed by atoms with Crippen molar-refractivity contribution < 1.29 is 17.9 Å². The topological polar surface area (TPSA) is 97.5 Å². The molecule has 0 saturated heterocycles. The van der Waals surface area contributed by atoms with Crippen LogP contribution in [-0.2, 0) is 10.1 Å². The minimum atomic E-state index is -4.57. The van der Waals surface area contributed by atoms with Gasteiger partial charge in [-0.05, 0) is 0 Å². The lowest BCUT2D eigenvalue weighted by Gasteiger charge is -2.06. The Morgan fingerprint density at radius 3 is 2.28 bits per heavy atom. The van der Waals surface area contributed by atoms with Crippen LogP contribution in [0.4, 0.5) is 5.69 Å². The summed E-state index contributed by atoms with van der Waals surface area (Å²) in [4.78, 5) is 9.45. The van der Waals surface area contributed by atoms with Gasteiger partial charge in [0.15, 0.2) is 0 Å². The quantitative estimate of drug-likeness (QED) is 0.520. The van der Waals surface area contributed by atoms with Crippen molar-refractivity contribution in [3.8, 4) is 0 Å². The van der Waals surface area contributed by atoms with Gasteiger partial charge in [0.1, 0.15) is 9.92 Å². The van der Waals surface area contributed by atoms with E-state index in [2.05, 4.69) is 0 Å². The molecule has 0 aromatic heterocycles. The van der Waals surface area contributed by atoms with Crippen LogP contribution in [0, 0.1) is 10.1 Å². The van der Waals surface area contributed by atoms with Crippen molar-refractivity contribution in [2.45, 2.75) is 4.90 Å². The van der Waals surface area contributed by atoms with Crippen LogP contribution in [0.5, 0.6) is 0 Å². The molecule has 2 aromatic carbocycles. The molecule has 0 spiro atoms. The monoisotopic (exact) mass is 287 g/mol. The molecule has 0 aliphatic rings. The summed E-state index contributed by atoms with van der Waals surface area (Å²) in [6, 6.07) is 6.71. The largest absolute Gasteiger partial charge is 0.295 e. The van der Waals surface area contributed by atoms with E-state index in [0.717, 1.165) is 6.07 Å². The number of nitro groups is 1. The lowest BCUT2D eigenvalue weighted by molar-refractivity contribution is -0.384. The van der Waals surface area contributed by atoms with Crippen molar-refractivity contribution in [3.05, 3.63) is 45.5 Å². The standard InChI is InChI=1S/C10H6ClNO5S/c11-10-7-4-2-1-3-6(7)9(18(15,16)17)5-8(10)12(13)14/h1-5H,(H,15,16,17). The summed E-state index contributed by atoms with van der Waals surface area (Å²) in [6.07, 6.45) is 0. The molecule has 2 rings (SSSR count). The highest BCUT2D eigenvalue weighted by Crippen LogP contribution is 2.36. The Morgan fingerprint density at radius 2 is 1.78 bits per heavy atom. The highest BCUT2D eigenvalue weighted by Gasteiger charge is 2.23. The van der Waals surface area contributed by atoms with Crippen LogP contribution >= 0.6 is 11.6 Å². The molecule has 0 amide bonds. The van der Waals surface area contributed by atoms with Crippen LogP contribution < -0.4 is 0 Å². The van der Waals surface area contributed by atoms with Gasteiger partial charge in [-0.15, -0.1) is 0 Å². The molecule has 94 valence electrons. The molecule has 0 aliphatic heterocycles. The van der Waals surface area contributed by atoms with Crippen LogP contribution in [0.25, 0.3) is 10.8 Å². The lowest BCUT2D eigenvalue weighted by Crippen LogP contribution is -2.01. The number of fused-ring (bicyclic) bond motifs is 1. The highest BCUT2D eigenvalue weighted by molar-refractivity contribution is 7.86. The first kappa shape index (κ1) is 12.7. The molecular weight excluding hydrogens is 282 g/mol. The van der Waals surface area contributed by atoms with Gasteiger partial charge in [0, 0.05) is 16.8 Å². The van der Waals surface area contributed by atoms with Crippen molar-refractivity contribution in [2.24, 2.45) is 0 Å². The predicted octanol–water partition coefficient (Wildman–Crippen LogP) is 2.65. The molecular formula is C10H6ClNO5S. The molecule has 8 heteroatoms. The van der Waals surface area contributed by atoms with Crippen LogP contribution in [0.3, 0.4) is 0 Å². The maximum Gasteiger partial charge on any atom is 0.295 e. The van der Waals surface area contributed by atoms with Crippen LogP contribution in [0.2, 0.25) is 5.02 Å². The van der Waals surface area contributed by atoms with Crippen molar-refractivity contribution >= 4 is 38.2 Å². The Labute approximate surface area is 107 Å². The molecule has 18 heavy (non-hydrogen) atoms. The van der Waals surface area contributed by atoms with Gasteiger partial charge in [0.05, 0.1) is 4.92 Å². The highest BCUT2D eigenvalue weighted by atomic mass is 35.5. The average Bonchev–Trinajstić information content (AvgIpc) is 2.27. The summed E-state index contributed by atoms with van der Waals surface area (Å²) < 4.78 is 31.5. The van der Waals surface area contributed by atoms with E-state index in [1.54, 1.807) is 12.1 Å². The van der Waals surface area contributed by atoms with Gasteiger partial charge in [-0.25, -0.2) is 0 Å². The molecule has 0 fully saturated rings. The summed E-state index contributed by atoms with van der Waals surface area (Å²) in [7, 11) is -4.57. The zero-order valence-corrected chi connectivity index (χ0v) is 10.3. The molecule has 0 unspecified atom stereocenters. The van der Waals surface area contributed by atoms with E-state index in [0.29, 0.717) is 0 Å². The van der Waals surface area contributed by atoms with Crippen LogP contribution in [0.15, 0.2) is 35.2 Å². The van der Waals surface area contributed by atoms with E-state index in [4.69, 9.17) is 16.2 Å². The Bertz CT molecular complexity index is 756. The molecule has 1 N–H and O–H groups in total. The maximum atomic E-state index is 11.2. The van der Waals surface area contributed by atoms with E-state index in [1.807, 2.05) is 0 Å². The fourth-order valence-electron chi connectivity index (χ4n) is 1.64. The summed E-state index contributed by atoms with van der Waals surface area (Å²) in [5.74, 6) is 0. The molecule has 2 aromatic rings. The third-order valence-corrected chi connectivity index (χ3v) is 3.69. The van der Waals surface area contributed by atoms with Gasteiger partial charge < -0.3 is 0 Å². The van der Waals surface area contributed by atoms with Crippen LogP contribution in [0.1, 0.15) is 0 Å². The number of hydrogen-bond donors (Lipinski definition) is 1. The number of hydrogen-bond acceptors (Lipinski definition) is 4. The first-order valence-corrected chi connectivity index (χ1v) is 6.47. The minimum absolute atomic E-state index is 0.135. The summed E-state index contributed by atoms with van der Waals surface area (Å²) >= 11 is 5.84. The first-order chi connectivity index (χ1) is 8.32. The SMILES string of the molecule is O=[N+]([O-])c1cc(S(=O)(=O)O)c2ccccc2c1Cl. The summed E-state index contributed by atoms with van der Waals surface area (Å²) in [5.41, 5.74) is -0.567. The molecule has 0 aliphatic carbocycles. The van der Waals surface area contributed by atoms with E-state index >= 15 is 0 Å². The second kappa shape index (κ2) is 4.20. The first-order valence-electron chi connectivity index (χ1n) is 4.65. The van der Waals surface area contributed by atoms with Gasteiger partial charge >= 0.3 is 0 Å². The fraction of sp³-hybridized carbons (Fsp3) is 0. The van der Waals surface area contributed by atoms with E-state index in [9.17, 15) is 18.5 Å². The number of rotatable bonds is 2. The second-order valence-corrected chi connectivity index (χ2v) is 5.25. The van der Waals surface area contributed by atoms with Crippen LogP contribution in [-0.4, -0.2) is 17.9 Å². The summed E-state index contributed by atoms with van der Waals surface area (Å²) in [5, 5.41) is 11.0. The molecule has 0 radical (unpaired) electrons. The molecule has 0 atom stereocenters. The van der Waals surface area contributed by atoms with E-state index < -0.39 is 25.6 Å². The van der Waals surface area contributed by atoms with Crippen molar-refractivity contribution in [1.82, 2.24) is 0 Å². The zero-order chi connectivity index (χ0) is 13.5. The third kappa shape index (κ3) is 2.03. The smallest absolute Gasteiger partial charge is 0.282 e. The second-order valence-electron chi connectivity index (χ2n) is 3.49. The Kier molecular flexibility index (Phi) is 2.97. The van der Waals surface area contributed by atoms with Crippen molar-refractivity contribution in [2.75, 3.05) is 0 Å². The zero-order valence-electron chi connectivity index (χ0n) is 8.70. The maximum absolute atomic E-state index is 11.2. The molecule has 0 bridgehead atoms. The molecule has 0 saturated carbocycles. The lowest BCUT2D eigenvalue weighted by atomic mass is 10.1. The minimum Gasteiger partial charge on any atom is -0.282 e. The van der Waals surface area contributed by atoms with Gasteiger partial charge in [-0.2, -0.15) is 8.42 Å². The number of nitro benzene ring substituents is 1. The Hall–Kier alpha value is -1.70. The number of benzene rings is 2. The summed E-state index contributed by atoms with van der Waals surface area (Å²) in [6.45, 7) is 0. The fourth-order valence-corrected chi connectivity index (χ4v) is 2.64. The Morgan fingerprint density at radius 1 is 1.22 bits per heavy atom. The van der Waals surface area contributed by atoms with Gasteiger partial charge in [-0.1, -0.05) is 35.9 Å². The third-order valence-electron chi connectivity index (χ3n) is 2.40. The van der Waals surface area contributed by atoms with E-state index in [1.165, 1.54) is 12.1 Å². The van der Waals surface area contributed by atoms with Gasteiger partial charge in [0.2, 0.25) is 0 Å². The number of nitrogens with zero attached hydrogens (tertiary/aromatic N) is 1. The molecule has 0 heterocycles. The van der Waals surface area contributed by atoms with Gasteiger partial charge in [0.25, 0.3) is 15.8 Å². The van der Waals surface area contributed by atoms with Crippen molar-refractivity contribution in [1.29, 1.82) is 0 Å². The van der Waals surface area contributed by atoms with Crippen molar-refractivity contribution in [3.63, 3.8) is 0 Å². The molecule has 6 nitrogen and oxygen atoms in total. The predicted molar refractivity (Wildman–Crippen MR) is 65.4 cm³/mol. The number of halogens is 1. The van der Waals surface area contributed by atoms with E-state index in [-0.39, 0.29) is 15.8 Å². The normalized spacial score (nSPS) is 11.7. The average molecular weight is 288 g/mol. The Balaban J connectivity index is 3.03.